The topological polar surface area (TPSA) is 112 Å². The first kappa shape index (κ1) is 27.0. The maximum Gasteiger partial charge on any atom is 0.240 e. The molecular formula is C21H41N5O3. The molecular weight excluding hydrogens is 370 g/mol. The molecule has 0 saturated heterocycles. The van der Waals surface area contributed by atoms with Gasteiger partial charge < -0.3 is 16.0 Å². The van der Waals surface area contributed by atoms with Crippen molar-refractivity contribution in [1.82, 2.24) is 21.4 Å². The number of hydrogen-bond acceptors (Lipinski definition) is 5. The number of carbonyl (C=O) groups excluding carboxylic acids is 3. The average molecular weight is 412 g/mol. The molecule has 168 valence electrons. The molecule has 0 unspecified atom stereocenters. The van der Waals surface area contributed by atoms with Crippen LogP contribution in [0.4, 0.5) is 0 Å². The number of hydrazone groups is 1. The van der Waals surface area contributed by atoms with Gasteiger partial charge in [-0.2, -0.15) is 5.10 Å². The van der Waals surface area contributed by atoms with E-state index in [-0.39, 0.29) is 42.3 Å². The van der Waals surface area contributed by atoms with Gasteiger partial charge in [-0.25, -0.2) is 5.43 Å². The van der Waals surface area contributed by atoms with E-state index in [1.807, 2.05) is 34.6 Å². The fourth-order valence-corrected chi connectivity index (χ4v) is 2.64. The predicted molar refractivity (Wildman–Crippen MR) is 118 cm³/mol. The van der Waals surface area contributed by atoms with Gasteiger partial charge >= 0.3 is 0 Å². The molecule has 0 rings (SSSR count). The Hall–Kier alpha value is -1.96. The molecule has 0 aliphatic carbocycles. The summed E-state index contributed by atoms with van der Waals surface area (Å²) < 4.78 is 0. The molecule has 0 saturated carbocycles. The van der Waals surface area contributed by atoms with E-state index in [0.717, 1.165) is 32.1 Å². The van der Waals surface area contributed by atoms with Crippen LogP contribution in [-0.2, 0) is 14.4 Å². The van der Waals surface area contributed by atoms with Crippen molar-refractivity contribution in [1.29, 1.82) is 0 Å². The minimum absolute atomic E-state index is 0.0232. The van der Waals surface area contributed by atoms with Crippen LogP contribution in [0.25, 0.3) is 0 Å². The second-order valence-electron chi connectivity index (χ2n) is 7.87. The van der Waals surface area contributed by atoms with E-state index >= 15 is 0 Å². The van der Waals surface area contributed by atoms with E-state index in [1.165, 1.54) is 0 Å². The molecule has 0 bridgehead atoms. The zero-order chi connectivity index (χ0) is 22.1. The maximum atomic E-state index is 12.2. The molecule has 0 aromatic rings. The van der Waals surface area contributed by atoms with Crippen molar-refractivity contribution in [3.63, 3.8) is 0 Å². The number of rotatable bonds is 16. The maximum absolute atomic E-state index is 12.2. The Morgan fingerprint density at radius 2 is 1.62 bits per heavy atom. The zero-order valence-electron chi connectivity index (χ0n) is 18.8. The Morgan fingerprint density at radius 1 is 0.931 bits per heavy atom. The third kappa shape index (κ3) is 16.7. The van der Waals surface area contributed by atoms with Crippen LogP contribution in [0.3, 0.4) is 0 Å². The van der Waals surface area contributed by atoms with Gasteiger partial charge in [-0.1, -0.05) is 27.2 Å². The van der Waals surface area contributed by atoms with E-state index in [9.17, 15) is 14.4 Å². The van der Waals surface area contributed by atoms with E-state index in [1.54, 1.807) is 6.21 Å². The fraction of sp³-hybridized carbons (Fsp3) is 0.810. The van der Waals surface area contributed by atoms with Crippen LogP contribution >= 0.6 is 0 Å². The molecule has 0 spiro atoms. The van der Waals surface area contributed by atoms with Gasteiger partial charge in [0.15, 0.2) is 0 Å². The van der Waals surface area contributed by atoms with Crippen LogP contribution in [0.5, 0.6) is 0 Å². The number of unbranched alkanes of at least 4 members (excludes halogenated alkanes) is 2. The van der Waals surface area contributed by atoms with E-state index in [0.29, 0.717) is 19.4 Å². The van der Waals surface area contributed by atoms with Crippen LogP contribution in [-0.4, -0.2) is 48.6 Å². The molecule has 3 amide bonds. The molecule has 0 aliphatic rings. The lowest BCUT2D eigenvalue weighted by molar-refractivity contribution is -0.124. The molecule has 0 aromatic heterocycles. The summed E-state index contributed by atoms with van der Waals surface area (Å²) in [4.78, 5) is 35.6. The normalized spacial score (nSPS) is 12.4. The van der Waals surface area contributed by atoms with Gasteiger partial charge in [-0.3, -0.25) is 14.4 Å². The summed E-state index contributed by atoms with van der Waals surface area (Å²) in [5.41, 5.74) is 2.46. The summed E-state index contributed by atoms with van der Waals surface area (Å²) in [6, 6.07) is 0.127. The Balaban J connectivity index is 3.92. The van der Waals surface area contributed by atoms with Gasteiger partial charge in [0.05, 0.1) is 6.04 Å². The molecule has 0 fully saturated rings. The van der Waals surface area contributed by atoms with Crippen molar-refractivity contribution in [2.45, 2.75) is 104 Å². The predicted octanol–water partition coefficient (Wildman–Crippen LogP) is 2.24. The van der Waals surface area contributed by atoms with E-state index < -0.39 is 0 Å². The summed E-state index contributed by atoms with van der Waals surface area (Å²) in [6.07, 6.45) is 6.97. The first-order chi connectivity index (χ1) is 13.8. The lowest BCUT2D eigenvalue weighted by Gasteiger charge is -2.22. The van der Waals surface area contributed by atoms with Crippen molar-refractivity contribution in [3.05, 3.63) is 0 Å². The van der Waals surface area contributed by atoms with Gasteiger partial charge in [0, 0.05) is 37.7 Å². The summed E-state index contributed by atoms with van der Waals surface area (Å²) in [5, 5.41) is 12.9. The third-order valence-corrected chi connectivity index (χ3v) is 4.03. The van der Waals surface area contributed by atoms with Gasteiger partial charge in [0.25, 0.3) is 0 Å². The Kier molecular flexibility index (Phi) is 15.8. The van der Waals surface area contributed by atoms with Crippen LogP contribution in [0.1, 0.15) is 86.0 Å². The third-order valence-electron chi connectivity index (χ3n) is 4.03. The zero-order valence-corrected chi connectivity index (χ0v) is 18.8. The van der Waals surface area contributed by atoms with Gasteiger partial charge in [0.1, 0.15) is 0 Å². The minimum atomic E-state index is -0.216. The van der Waals surface area contributed by atoms with Gasteiger partial charge in [0.2, 0.25) is 17.7 Å². The van der Waals surface area contributed by atoms with E-state index in [2.05, 4.69) is 26.5 Å². The smallest absolute Gasteiger partial charge is 0.240 e. The van der Waals surface area contributed by atoms with Crippen molar-refractivity contribution in [2.24, 2.45) is 5.10 Å². The Bertz CT molecular complexity index is 507. The number of nitrogens with one attached hydrogen (secondary N) is 4. The van der Waals surface area contributed by atoms with Crippen LogP contribution < -0.4 is 21.4 Å². The summed E-state index contributed by atoms with van der Waals surface area (Å²) in [7, 11) is 0. The largest absolute Gasteiger partial charge is 0.356 e. The number of nitrogens with zero attached hydrogens (tertiary/aromatic N) is 1. The second kappa shape index (κ2) is 16.9. The molecule has 8 nitrogen and oxygen atoms in total. The van der Waals surface area contributed by atoms with Gasteiger partial charge in [-0.05, 0) is 46.0 Å². The molecule has 4 N–H and O–H groups in total. The lowest BCUT2D eigenvalue weighted by Crippen LogP contribution is -2.48. The van der Waals surface area contributed by atoms with E-state index in [4.69, 9.17) is 0 Å². The van der Waals surface area contributed by atoms with Crippen LogP contribution in [0.2, 0.25) is 0 Å². The van der Waals surface area contributed by atoms with Crippen molar-refractivity contribution >= 4 is 23.9 Å². The molecule has 0 heterocycles. The fourth-order valence-electron chi connectivity index (χ4n) is 2.64. The lowest BCUT2D eigenvalue weighted by atomic mass is 10.1. The number of carbonyl (C=O) groups is 3. The monoisotopic (exact) mass is 411 g/mol. The molecule has 0 aliphatic heterocycles. The molecule has 8 heteroatoms. The standard InChI is InChI=1S/C21H41N5O3/c1-6-7-15-23-26-20(28)13-10-12-19(27)22-14-9-8-11-18(24-16(2)3)21(29)25-17(4)5/h15-18,24H,6-14H2,1-5H3,(H,22,27)(H,25,29)(H,26,28)/b23-15-/t18-/m0/s1. The highest BCUT2D eigenvalue weighted by molar-refractivity contribution is 5.82. The molecule has 0 radical (unpaired) electrons. The highest BCUT2D eigenvalue weighted by Gasteiger charge is 2.19. The molecule has 29 heavy (non-hydrogen) atoms. The van der Waals surface area contributed by atoms with Gasteiger partial charge in [-0.15, -0.1) is 0 Å². The van der Waals surface area contributed by atoms with Crippen molar-refractivity contribution in [3.8, 4) is 0 Å². The van der Waals surface area contributed by atoms with Crippen molar-refractivity contribution in [2.75, 3.05) is 6.54 Å². The number of hydrogen-bond donors (Lipinski definition) is 4. The van der Waals surface area contributed by atoms with Crippen LogP contribution in [0.15, 0.2) is 5.10 Å². The number of amides is 3. The summed E-state index contributed by atoms with van der Waals surface area (Å²) >= 11 is 0. The SMILES string of the molecule is CCC/C=N\NC(=O)CCCC(=O)NCCCC[C@H](NC(C)C)C(=O)NC(C)C. The summed E-state index contributed by atoms with van der Waals surface area (Å²) in [6.45, 7) is 10.6. The molecule has 0 aromatic carbocycles. The highest BCUT2D eigenvalue weighted by atomic mass is 16.2. The quantitative estimate of drug-likeness (QED) is 0.177. The van der Waals surface area contributed by atoms with Crippen molar-refractivity contribution < 1.29 is 14.4 Å². The Labute approximate surface area is 176 Å². The molecule has 1 atom stereocenters. The minimum Gasteiger partial charge on any atom is -0.356 e. The average Bonchev–Trinajstić information content (AvgIpc) is 2.63. The summed E-state index contributed by atoms with van der Waals surface area (Å²) in [5.74, 6) is -0.203. The highest BCUT2D eigenvalue weighted by Crippen LogP contribution is 2.03. The van der Waals surface area contributed by atoms with Crippen LogP contribution in [0, 0.1) is 0 Å². The second-order valence-corrected chi connectivity index (χ2v) is 7.87. The first-order valence-electron chi connectivity index (χ1n) is 10.9. The first-order valence-corrected chi connectivity index (χ1v) is 10.9. The Morgan fingerprint density at radius 3 is 2.24 bits per heavy atom.